The molecule has 0 radical (unpaired) electrons. The average molecular weight is 300 g/mol. The predicted molar refractivity (Wildman–Crippen MR) is 64.0 cm³/mol. The number of ether oxygens (including phenoxy) is 1. The van der Waals surface area contributed by atoms with E-state index in [0.29, 0.717) is 0 Å². The summed E-state index contributed by atoms with van der Waals surface area (Å²) in [5.74, 6) is -0.292. The molecule has 18 heavy (non-hydrogen) atoms. The lowest BCUT2D eigenvalue weighted by Crippen LogP contribution is -2.34. The van der Waals surface area contributed by atoms with Gasteiger partial charge in [-0.05, 0) is 12.8 Å². The molecule has 0 atom stereocenters. The monoisotopic (exact) mass is 299 g/mol. The second-order valence-electron chi connectivity index (χ2n) is 4.17. The van der Waals surface area contributed by atoms with Gasteiger partial charge in [-0.1, -0.05) is 0 Å². The van der Waals surface area contributed by atoms with Crippen LogP contribution < -0.4 is 0 Å². The molecular weight excluding hydrogens is 286 g/mol. The Labute approximate surface area is 110 Å². The van der Waals surface area contributed by atoms with Crippen molar-refractivity contribution in [2.75, 3.05) is 12.4 Å². The lowest BCUT2D eigenvalue weighted by Gasteiger charge is -2.23. The third-order valence-electron chi connectivity index (χ3n) is 3.03. The van der Waals surface area contributed by atoms with E-state index >= 15 is 0 Å². The van der Waals surface area contributed by atoms with E-state index in [1.54, 1.807) is 0 Å². The van der Waals surface area contributed by atoms with Crippen molar-refractivity contribution in [3.8, 4) is 0 Å². The van der Waals surface area contributed by atoms with Crippen LogP contribution >= 0.6 is 11.6 Å². The first-order valence-corrected chi connectivity index (χ1v) is 7.59. The van der Waals surface area contributed by atoms with Crippen LogP contribution in [0.4, 0.5) is 4.79 Å². The van der Waals surface area contributed by atoms with Gasteiger partial charge in [0.15, 0.2) is 9.84 Å². The molecule has 0 N–H and O–H groups in total. The highest BCUT2D eigenvalue weighted by atomic mass is 35.5. The zero-order valence-electron chi connectivity index (χ0n) is 9.58. The molecule has 1 rings (SSSR count). The zero-order valence-corrected chi connectivity index (χ0v) is 11.2. The molecule has 1 aliphatic carbocycles. The Morgan fingerprint density at radius 3 is 2.33 bits per heavy atom. The highest BCUT2D eigenvalue weighted by Crippen LogP contribution is 2.26. The molecule has 0 heterocycles. The molecule has 0 saturated heterocycles. The van der Waals surface area contributed by atoms with Crippen LogP contribution in [0.15, 0.2) is 0 Å². The van der Waals surface area contributed by atoms with E-state index < -0.39 is 26.6 Å². The minimum absolute atomic E-state index is 0.270. The first-order chi connectivity index (χ1) is 8.33. The quantitative estimate of drug-likeness (QED) is 0.431. The van der Waals surface area contributed by atoms with Crippen molar-refractivity contribution in [1.82, 2.24) is 0 Å². The third-order valence-corrected chi connectivity index (χ3v) is 5.37. The summed E-state index contributed by atoms with van der Waals surface area (Å²) < 4.78 is 28.0. The van der Waals surface area contributed by atoms with Crippen molar-refractivity contribution in [2.45, 2.75) is 37.0 Å². The molecule has 1 fully saturated rings. The largest absolute Gasteiger partial charge is 0.453 e. The number of rotatable bonds is 5. The molecule has 1 saturated carbocycles. The van der Waals surface area contributed by atoms with Gasteiger partial charge in [-0.25, -0.2) is 13.2 Å². The molecule has 0 aromatic heterocycles. The number of carbonyl (C=O) groups excluding carboxylic acids is 1. The third kappa shape index (κ3) is 4.41. The van der Waals surface area contributed by atoms with E-state index in [1.807, 2.05) is 0 Å². The van der Waals surface area contributed by atoms with E-state index in [1.165, 1.54) is 0 Å². The predicted octanol–water partition coefficient (Wildman–Crippen LogP) is 1.36. The van der Waals surface area contributed by atoms with Gasteiger partial charge in [0.1, 0.15) is 6.61 Å². The van der Waals surface area contributed by atoms with Crippen LogP contribution in [0.1, 0.15) is 25.7 Å². The van der Waals surface area contributed by atoms with E-state index in [2.05, 4.69) is 4.74 Å². The van der Waals surface area contributed by atoms with E-state index in [0.717, 1.165) is 0 Å². The maximum Gasteiger partial charge on any atom is 0.403 e. The van der Waals surface area contributed by atoms with Crippen molar-refractivity contribution in [1.29, 1.82) is 0 Å². The van der Waals surface area contributed by atoms with Gasteiger partial charge in [0.2, 0.25) is 6.04 Å². The summed E-state index contributed by atoms with van der Waals surface area (Å²) in [7, 11) is -3.39. The fourth-order valence-electron chi connectivity index (χ4n) is 2.02. The molecule has 0 spiro atoms. The molecule has 0 unspecified atom stereocenters. The van der Waals surface area contributed by atoms with E-state index in [9.17, 15) is 23.3 Å². The van der Waals surface area contributed by atoms with Crippen LogP contribution in [-0.2, 0) is 14.6 Å². The van der Waals surface area contributed by atoms with Gasteiger partial charge in [0.05, 0.1) is 11.0 Å². The summed E-state index contributed by atoms with van der Waals surface area (Å²) in [5.41, 5.74) is -1.04. The highest BCUT2D eigenvalue weighted by Gasteiger charge is 2.34. The van der Waals surface area contributed by atoms with E-state index in [4.69, 9.17) is 11.6 Å². The standard InChI is InChI=1S/C9H14ClNO6S/c10-9(12)17-5-6-18(15,16)8-3-1-7(2-4-8)11(13)14/h7-8H,1-6H2. The van der Waals surface area contributed by atoms with Gasteiger partial charge in [-0.2, -0.15) is 0 Å². The first-order valence-electron chi connectivity index (χ1n) is 5.50. The number of hydrogen-bond acceptors (Lipinski definition) is 6. The second-order valence-corrected chi connectivity index (χ2v) is 6.88. The van der Waals surface area contributed by atoms with Crippen LogP contribution in [0.2, 0.25) is 0 Å². The summed E-state index contributed by atoms with van der Waals surface area (Å²) in [6.07, 6.45) is 1.10. The van der Waals surface area contributed by atoms with Crippen LogP contribution in [0.5, 0.6) is 0 Å². The fraction of sp³-hybridized carbons (Fsp3) is 0.889. The Balaban J connectivity index is 2.45. The van der Waals surface area contributed by atoms with Crippen LogP contribution in [0.3, 0.4) is 0 Å². The minimum atomic E-state index is -3.39. The second kappa shape index (κ2) is 6.33. The van der Waals surface area contributed by atoms with Crippen molar-refractivity contribution < 1.29 is 22.9 Å². The summed E-state index contributed by atoms with van der Waals surface area (Å²) in [5, 5.41) is 9.96. The molecular formula is C9H14ClNO6S. The maximum absolute atomic E-state index is 11.8. The molecule has 7 nitrogen and oxygen atoms in total. The smallest absolute Gasteiger partial charge is 0.403 e. The number of nitrogens with zero attached hydrogens (tertiary/aromatic N) is 1. The minimum Gasteiger partial charge on any atom is -0.453 e. The van der Waals surface area contributed by atoms with E-state index in [-0.39, 0.29) is 43.0 Å². The Morgan fingerprint density at radius 1 is 1.33 bits per heavy atom. The Bertz CT molecular complexity index is 415. The molecule has 9 heteroatoms. The number of sulfone groups is 1. The van der Waals surface area contributed by atoms with Crippen molar-refractivity contribution in [2.24, 2.45) is 0 Å². The van der Waals surface area contributed by atoms with Gasteiger partial charge in [0, 0.05) is 29.4 Å². The summed E-state index contributed by atoms with van der Waals surface area (Å²) in [6.45, 7) is -0.278. The Hall–Kier alpha value is -0.890. The number of carbonyl (C=O) groups is 1. The molecule has 0 aromatic rings. The zero-order chi connectivity index (χ0) is 13.8. The van der Waals surface area contributed by atoms with Gasteiger partial charge < -0.3 is 4.74 Å². The van der Waals surface area contributed by atoms with Crippen molar-refractivity contribution in [3.63, 3.8) is 0 Å². The van der Waals surface area contributed by atoms with Gasteiger partial charge in [-0.3, -0.25) is 10.1 Å². The van der Waals surface area contributed by atoms with Crippen molar-refractivity contribution in [3.05, 3.63) is 10.1 Å². The number of halogens is 1. The van der Waals surface area contributed by atoms with Crippen LogP contribution in [-0.4, -0.2) is 42.4 Å². The lowest BCUT2D eigenvalue weighted by molar-refractivity contribution is -0.526. The number of nitro groups is 1. The normalized spacial score (nSPS) is 24.5. The van der Waals surface area contributed by atoms with Gasteiger partial charge in [-0.15, -0.1) is 0 Å². The first kappa shape index (κ1) is 15.2. The summed E-state index contributed by atoms with van der Waals surface area (Å²) >= 11 is 4.92. The molecule has 0 amide bonds. The molecule has 0 aliphatic heterocycles. The summed E-state index contributed by atoms with van der Waals surface area (Å²) in [4.78, 5) is 20.5. The molecule has 0 aromatic carbocycles. The Kier molecular flexibility index (Phi) is 5.33. The summed E-state index contributed by atoms with van der Waals surface area (Å²) in [6, 6.07) is -0.642. The Morgan fingerprint density at radius 2 is 1.89 bits per heavy atom. The van der Waals surface area contributed by atoms with Gasteiger partial charge >= 0.3 is 5.43 Å². The topological polar surface area (TPSA) is 104 Å². The average Bonchev–Trinajstić information content (AvgIpc) is 2.28. The number of hydrogen-bond donors (Lipinski definition) is 0. The fourth-order valence-corrected chi connectivity index (χ4v) is 3.74. The maximum atomic E-state index is 11.8. The van der Waals surface area contributed by atoms with Crippen LogP contribution in [0.25, 0.3) is 0 Å². The lowest BCUT2D eigenvalue weighted by atomic mass is 9.96. The van der Waals surface area contributed by atoms with Gasteiger partial charge in [0.25, 0.3) is 0 Å². The van der Waals surface area contributed by atoms with Crippen LogP contribution in [0, 0.1) is 10.1 Å². The molecule has 104 valence electrons. The molecule has 1 aliphatic rings. The SMILES string of the molecule is O=C(Cl)OCCS(=O)(=O)C1CCC([N+](=O)[O-])CC1. The van der Waals surface area contributed by atoms with Crippen molar-refractivity contribution >= 4 is 26.9 Å². The molecule has 0 bridgehead atoms. The highest BCUT2D eigenvalue weighted by molar-refractivity contribution is 7.92.